The zero-order valence-electron chi connectivity index (χ0n) is 10.4. The Balaban J connectivity index is 1.95. The molecule has 0 aliphatic carbocycles. The van der Waals surface area contributed by atoms with Gasteiger partial charge >= 0.3 is 0 Å². The van der Waals surface area contributed by atoms with Gasteiger partial charge in [-0.3, -0.25) is 4.79 Å². The lowest BCUT2D eigenvalue weighted by Gasteiger charge is -2.16. The van der Waals surface area contributed by atoms with Crippen molar-refractivity contribution in [1.29, 1.82) is 0 Å². The van der Waals surface area contributed by atoms with Crippen LogP contribution in [0.15, 0.2) is 36.3 Å². The number of amides is 1. The number of hydrogen-bond acceptors (Lipinski definition) is 2. The number of fused-ring (bicyclic) bond motifs is 1. The second-order valence-electron chi connectivity index (χ2n) is 4.53. The van der Waals surface area contributed by atoms with E-state index < -0.39 is 0 Å². The molecule has 98 valence electrons. The summed E-state index contributed by atoms with van der Waals surface area (Å²) < 4.78 is 13.5. The van der Waals surface area contributed by atoms with Crippen molar-refractivity contribution >= 4 is 5.91 Å². The van der Waals surface area contributed by atoms with Crippen molar-refractivity contribution < 1.29 is 19.1 Å². The fourth-order valence-corrected chi connectivity index (χ4v) is 2.19. The van der Waals surface area contributed by atoms with Crippen molar-refractivity contribution in [3.05, 3.63) is 36.3 Å². The highest BCUT2D eigenvalue weighted by Gasteiger charge is 2.56. The molecule has 3 atom stereocenters. The van der Waals surface area contributed by atoms with Crippen LogP contribution < -0.4 is 10.4 Å². The Morgan fingerprint density at radius 2 is 2.50 bits per heavy atom. The van der Waals surface area contributed by atoms with Crippen LogP contribution in [-0.2, 0) is 9.63 Å². The van der Waals surface area contributed by atoms with Gasteiger partial charge in [0.15, 0.2) is 0 Å². The first-order valence-electron chi connectivity index (χ1n) is 6.10. The second kappa shape index (κ2) is 5.46. The van der Waals surface area contributed by atoms with Gasteiger partial charge in [0, 0.05) is 19.4 Å². The molecule has 18 heavy (non-hydrogen) atoms. The Kier molecular flexibility index (Phi) is 3.93. The van der Waals surface area contributed by atoms with Gasteiger partial charge in [-0.25, -0.2) is 4.39 Å². The van der Waals surface area contributed by atoms with Crippen molar-refractivity contribution in [1.82, 2.24) is 5.32 Å². The first-order valence-corrected chi connectivity index (χ1v) is 6.10. The predicted molar refractivity (Wildman–Crippen MR) is 64.8 cm³/mol. The smallest absolute Gasteiger partial charge is 0.297 e. The zero-order valence-corrected chi connectivity index (χ0v) is 10.4. The summed E-state index contributed by atoms with van der Waals surface area (Å²) in [7, 11) is 0. The highest BCUT2D eigenvalue weighted by atomic mass is 19.1. The molecule has 0 aromatic rings. The number of carbonyl (C=O) groups is 1. The topological polar surface area (TPSA) is 46.1 Å². The van der Waals surface area contributed by atoms with Gasteiger partial charge in [0.1, 0.15) is 17.6 Å². The van der Waals surface area contributed by atoms with E-state index in [1.54, 1.807) is 6.08 Å². The maximum Gasteiger partial charge on any atom is 0.297 e. The maximum atomic E-state index is 13.5. The van der Waals surface area contributed by atoms with Crippen molar-refractivity contribution in [2.24, 2.45) is 0 Å². The van der Waals surface area contributed by atoms with Crippen molar-refractivity contribution in [3.63, 3.8) is 0 Å². The largest absolute Gasteiger partial charge is 0.345 e. The summed E-state index contributed by atoms with van der Waals surface area (Å²) >= 11 is 0. The van der Waals surface area contributed by atoms with Crippen LogP contribution >= 0.6 is 0 Å². The molecule has 2 N–H and O–H groups in total. The fourth-order valence-electron chi connectivity index (χ4n) is 2.19. The lowest BCUT2D eigenvalue weighted by atomic mass is 10.0. The first-order chi connectivity index (χ1) is 8.61. The van der Waals surface area contributed by atoms with Crippen LogP contribution in [0.2, 0.25) is 0 Å². The summed E-state index contributed by atoms with van der Waals surface area (Å²) in [6.45, 7) is 5.03. The first kappa shape index (κ1) is 13.0. The second-order valence-corrected chi connectivity index (χ2v) is 4.53. The molecule has 1 amide bonds. The van der Waals surface area contributed by atoms with Gasteiger partial charge in [0.2, 0.25) is 5.91 Å². The molecule has 2 saturated heterocycles. The minimum atomic E-state index is -0.260. The molecular formula is C13H18FN2O2+. The standard InChI is InChI=1S/C13H17FN2O2/c1-3-4-5-10(14)8-11-6-7-12(15-9(2)17)13-16(11)18-13/h3,5,8,12-13H,1,4,6-7H2,2H3,(H,15,17)/p+1. The van der Waals surface area contributed by atoms with Gasteiger partial charge in [-0.2, -0.15) is 0 Å². The summed E-state index contributed by atoms with van der Waals surface area (Å²) in [6.07, 6.45) is 6.63. The number of quaternary nitrogens is 1. The van der Waals surface area contributed by atoms with E-state index in [2.05, 4.69) is 11.9 Å². The Labute approximate surface area is 106 Å². The van der Waals surface area contributed by atoms with Crippen LogP contribution in [0.5, 0.6) is 0 Å². The number of rotatable bonds is 4. The monoisotopic (exact) mass is 253 g/mol. The minimum Gasteiger partial charge on any atom is -0.345 e. The Bertz CT molecular complexity index is 417. The third-order valence-electron chi connectivity index (χ3n) is 3.04. The minimum absolute atomic E-state index is 0.0369. The number of nitrogens with one attached hydrogen (secondary N) is 2. The van der Waals surface area contributed by atoms with Gasteiger partial charge in [-0.15, -0.1) is 16.5 Å². The normalized spacial score (nSPS) is 32.9. The van der Waals surface area contributed by atoms with E-state index in [1.807, 2.05) is 0 Å². The molecule has 5 heteroatoms. The number of halogens is 1. The summed E-state index contributed by atoms with van der Waals surface area (Å²) in [4.78, 5) is 16.4. The molecule has 4 nitrogen and oxygen atoms in total. The molecule has 3 unspecified atom stereocenters. The van der Waals surface area contributed by atoms with Crippen LogP contribution in [0.4, 0.5) is 4.39 Å². The Morgan fingerprint density at radius 1 is 1.72 bits per heavy atom. The number of hydroxylamine groups is 2. The molecule has 0 saturated carbocycles. The van der Waals surface area contributed by atoms with E-state index >= 15 is 0 Å². The number of allylic oxidation sites excluding steroid dienone is 5. The van der Waals surface area contributed by atoms with E-state index in [0.29, 0.717) is 6.42 Å². The predicted octanol–water partition coefficient (Wildman–Crippen LogP) is 0.754. The Hall–Kier alpha value is -1.46. The molecule has 2 aliphatic heterocycles. The van der Waals surface area contributed by atoms with Crippen LogP contribution in [0.25, 0.3) is 0 Å². The third kappa shape index (κ3) is 3.05. The van der Waals surface area contributed by atoms with E-state index in [1.165, 1.54) is 19.1 Å². The number of hydrogen-bond donors (Lipinski definition) is 2. The number of piperidine rings is 1. The van der Waals surface area contributed by atoms with Crippen molar-refractivity contribution in [3.8, 4) is 0 Å². The van der Waals surface area contributed by atoms with Crippen LogP contribution in [0.3, 0.4) is 0 Å². The maximum absolute atomic E-state index is 13.5. The lowest BCUT2D eigenvalue weighted by molar-refractivity contribution is -0.859. The molecule has 2 aliphatic rings. The van der Waals surface area contributed by atoms with E-state index in [4.69, 9.17) is 4.84 Å². The molecule has 2 heterocycles. The summed E-state index contributed by atoms with van der Waals surface area (Å²) in [5.41, 5.74) is 0.902. The molecule has 0 aromatic heterocycles. The molecular weight excluding hydrogens is 235 g/mol. The van der Waals surface area contributed by atoms with Gasteiger partial charge in [-0.05, 0) is 18.9 Å². The zero-order chi connectivity index (χ0) is 13.1. The summed E-state index contributed by atoms with van der Waals surface area (Å²) in [6, 6.07) is 0.0369. The summed E-state index contributed by atoms with van der Waals surface area (Å²) in [5, 5.41) is 3.67. The van der Waals surface area contributed by atoms with E-state index in [0.717, 1.165) is 23.6 Å². The van der Waals surface area contributed by atoms with E-state index in [9.17, 15) is 9.18 Å². The quantitative estimate of drug-likeness (QED) is 0.574. The molecule has 2 rings (SSSR count). The Morgan fingerprint density at radius 3 is 3.17 bits per heavy atom. The summed E-state index contributed by atoms with van der Waals surface area (Å²) in [5.74, 6) is -0.316. The van der Waals surface area contributed by atoms with Crippen LogP contribution in [0.1, 0.15) is 26.2 Å². The van der Waals surface area contributed by atoms with Crippen molar-refractivity contribution in [2.75, 3.05) is 0 Å². The molecule has 0 spiro atoms. The molecule has 0 aromatic carbocycles. The van der Waals surface area contributed by atoms with Crippen LogP contribution in [-0.4, -0.2) is 18.2 Å². The van der Waals surface area contributed by atoms with E-state index in [-0.39, 0.29) is 24.0 Å². The lowest BCUT2D eigenvalue weighted by Crippen LogP contribution is -2.94. The van der Waals surface area contributed by atoms with Gasteiger partial charge < -0.3 is 5.32 Å². The average Bonchev–Trinajstić information content (AvgIpc) is 3.09. The fraction of sp³-hybridized carbons (Fsp3) is 0.462. The van der Waals surface area contributed by atoms with Gasteiger partial charge in [0.25, 0.3) is 6.23 Å². The third-order valence-corrected chi connectivity index (χ3v) is 3.04. The number of carbonyl (C=O) groups excluding carboxylic acids is 1. The highest BCUT2D eigenvalue weighted by molar-refractivity contribution is 5.73. The average molecular weight is 253 g/mol. The van der Waals surface area contributed by atoms with Crippen LogP contribution in [0, 0.1) is 0 Å². The molecule has 0 radical (unpaired) electrons. The SMILES string of the molecule is C=CCC=C(F)C=C1CCC(NC(C)=O)C2O[NH+]12. The van der Waals surface area contributed by atoms with Gasteiger partial charge in [0.05, 0.1) is 0 Å². The van der Waals surface area contributed by atoms with Crippen molar-refractivity contribution in [2.45, 2.75) is 38.5 Å². The molecule has 0 bridgehead atoms. The van der Waals surface area contributed by atoms with Gasteiger partial charge in [-0.1, -0.05) is 6.08 Å². The highest BCUT2D eigenvalue weighted by Crippen LogP contribution is 2.20. The molecule has 2 fully saturated rings.